The summed E-state index contributed by atoms with van der Waals surface area (Å²) < 4.78 is 118. The second-order valence-electron chi connectivity index (χ2n) is 9.22. The van der Waals surface area contributed by atoms with Gasteiger partial charge >= 0.3 is 12.4 Å². The average molecular weight is 631 g/mol. The zero-order valence-corrected chi connectivity index (χ0v) is 23.6. The topological polar surface area (TPSA) is 75.7 Å². The molecule has 4 rings (SSSR count). The van der Waals surface area contributed by atoms with E-state index in [1.807, 2.05) is 0 Å². The molecule has 3 aromatic rings. The third-order valence-corrected chi connectivity index (χ3v) is 8.59. The van der Waals surface area contributed by atoms with Gasteiger partial charge in [-0.25, -0.2) is 8.42 Å². The van der Waals surface area contributed by atoms with Gasteiger partial charge in [0.2, 0.25) is 5.91 Å². The molecule has 0 aliphatic carbocycles. The fourth-order valence-corrected chi connectivity index (χ4v) is 6.23. The molecule has 0 radical (unpaired) electrons. The minimum atomic E-state index is -5.41. The summed E-state index contributed by atoms with van der Waals surface area (Å²) in [6, 6.07) is 13.0. The van der Waals surface area contributed by atoms with Gasteiger partial charge in [-0.3, -0.25) is 9.52 Å². The van der Waals surface area contributed by atoms with Crippen LogP contribution < -0.4 is 4.72 Å². The van der Waals surface area contributed by atoms with E-state index in [4.69, 9.17) is 4.74 Å². The summed E-state index contributed by atoms with van der Waals surface area (Å²) in [7, 11) is -4.04. The Balaban J connectivity index is 1.68. The number of nitrogens with zero attached hydrogens (tertiary/aromatic N) is 1. The molecule has 1 amide bonds. The monoisotopic (exact) mass is 630 g/mol. The SMILES string of the molecule is Cc1ccc(S(=O)(=O)Nc2cccc(Sc3ccc(C=CC(=O)N4CCOCC4)c(C(F)(F)F)c3C(F)(F)F)c2)cc1. The molecule has 3 aromatic carbocycles. The van der Waals surface area contributed by atoms with E-state index >= 15 is 0 Å². The molecular formula is C28H24F6N2O4S2. The van der Waals surface area contributed by atoms with Gasteiger partial charge in [0.1, 0.15) is 0 Å². The van der Waals surface area contributed by atoms with E-state index in [0.29, 0.717) is 11.8 Å². The number of carbonyl (C=O) groups is 1. The Hall–Kier alpha value is -3.49. The molecule has 1 N–H and O–H groups in total. The van der Waals surface area contributed by atoms with Gasteiger partial charge in [-0.2, -0.15) is 26.3 Å². The molecule has 0 aromatic heterocycles. The van der Waals surface area contributed by atoms with E-state index in [9.17, 15) is 39.6 Å². The molecule has 1 aliphatic rings. The Kier molecular flexibility index (Phi) is 9.28. The van der Waals surface area contributed by atoms with E-state index in [-0.39, 0.29) is 41.8 Å². The van der Waals surface area contributed by atoms with Crippen molar-refractivity contribution >= 4 is 39.5 Å². The van der Waals surface area contributed by atoms with Crippen LogP contribution in [0.25, 0.3) is 6.08 Å². The number of alkyl halides is 6. The Bertz CT molecular complexity index is 1580. The van der Waals surface area contributed by atoms with Crippen LogP contribution in [0.4, 0.5) is 32.0 Å². The number of nitrogens with one attached hydrogen (secondary N) is 1. The van der Waals surface area contributed by atoms with Crippen molar-refractivity contribution in [1.82, 2.24) is 4.90 Å². The van der Waals surface area contributed by atoms with Gasteiger partial charge in [-0.15, -0.1) is 0 Å². The predicted molar refractivity (Wildman–Crippen MR) is 145 cm³/mol. The summed E-state index contributed by atoms with van der Waals surface area (Å²) >= 11 is 0.397. The van der Waals surface area contributed by atoms with Crippen LogP contribution >= 0.6 is 11.8 Å². The first kappa shape index (κ1) is 31.4. The van der Waals surface area contributed by atoms with Gasteiger partial charge in [0.15, 0.2) is 0 Å². The normalized spacial score (nSPS) is 14.8. The summed E-state index contributed by atoms with van der Waals surface area (Å²) in [5.74, 6) is -0.650. The first-order valence-corrected chi connectivity index (χ1v) is 14.7. The Morgan fingerprint density at radius 3 is 2.19 bits per heavy atom. The first-order valence-electron chi connectivity index (χ1n) is 12.4. The number of sulfonamides is 1. The number of benzene rings is 3. The van der Waals surface area contributed by atoms with Crippen molar-refractivity contribution in [3.63, 3.8) is 0 Å². The van der Waals surface area contributed by atoms with Gasteiger partial charge in [0.25, 0.3) is 10.0 Å². The van der Waals surface area contributed by atoms with Gasteiger partial charge in [-0.1, -0.05) is 41.6 Å². The number of hydrogen-bond donors (Lipinski definition) is 1. The predicted octanol–water partition coefficient (Wildman–Crippen LogP) is 6.86. The maximum Gasteiger partial charge on any atom is 0.418 e. The maximum atomic E-state index is 14.2. The van der Waals surface area contributed by atoms with E-state index in [0.717, 1.165) is 29.8 Å². The highest BCUT2D eigenvalue weighted by atomic mass is 32.2. The van der Waals surface area contributed by atoms with Crippen LogP contribution in [0.15, 0.2) is 81.4 Å². The average Bonchev–Trinajstić information content (AvgIpc) is 2.91. The second-order valence-corrected chi connectivity index (χ2v) is 12.0. The van der Waals surface area contributed by atoms with E-state index < -0.39 is 49.9 Å². The summed E-state index contributed by atoms with van der Waals surface area (Å²) in [5, 5.41) is 0. The molecule has 0 bridgehead atoms. The highest BCUT2D eigenvalue weighted by Gasteiger charge is 2.46. The Morgan fingerprint density at radius 1 is 0.929 bits per heavy atom. The van der Waals surface area contributed by atoms with Crippen LogP contribution in [-0.4, -0.2) is 45.5 Å². The summed E-state index contributed by atoms with van der Waals surface area (Å²) in [6.45, 7) is 2.67. The molecule has 1 aliphatic heterocycles. The van der Waals surface area contributed by atoms with Crippen LogP contribution in [0, 0.1) is 6.92 Å². The number of amides is 1. The molecule has 1 heterocycles. The van der Waals surface area contributed by atoms with Gasteiger partial charge < -0.3 is 9.64 Å². The number of anilines is 1. The number of aryl methyl sites for hydroxylation is 1. The molecule has 0 spiro atoms. The lowest BCUT2D eigenvalue weighted by Crippen LogP contribution is -2.39. The molecule has 14 heteroatoms. The number of halogens is 6. The first-order chi connectivity index (χ1) is 19.6. The van der Waals surface area contributed by atoms with Gasteiger partial charge in [-0.05, 0) is 55.0 Å². The Morgan fingerprint density at radius 2 is 1.57 bits per heavy atom. The van der Waals surface area contributed by atoms with Crippen LogP contribution in [0.5, 0.6) is 0 Å². The number of carbonyl (C=O) groups excluding carboxylic acids is 1. The van der Waals surface area contributed by atoms with Gasteiger partial charge in [0, 0.05) is 34.6 Å². The highest BCUT2D eigenvalue weighted by molar-refractivity contribution is 7.99. The molecule has 0 saturated carbocycles. The third kappa shape index (κ3) is 7.66. The molecule has 224 valence electrons. The molecule has 0 atom stereocenters. The molecular weight excluding hydrogens is 606 g/mol. The zero-order chi connectivity index (χ0) is 30.7. The lowest BCUT2D eigenvalue weighted by molar-refractivity contribution is -0.163. The highest BCUT2D eigenvalue weighted by Crippen LogP contribution is 2.48. The maximum absolute atomic E-state index is 14.2. The summed E-state index contributed by atoms with van der Waals surface area (Å²) in [6.07, 6.45) is -9.28. The van der Waals surface area contributed by atoms with Crippen molar-refractivity contribution in [3.05, 3.63) is 89.0 Å². The molecule has 1 fully saturated rings. The smallest absolute Gasteiger partial charge is 0.378 e. The quantitative estimate of drug-likeness (QED) is 0.228. The van der Waals surface area contributed by atoms with Crippen molar-refractivity contribution in [2.45, 2.75) is 34.0 Å². The summed E-state index contributed by atoms with van der Waals surface area (Å²) in [4.78, 5) is 13.0. The van der Waals surface area contributed by atoms with Crippen LogP contribution in [0.3, 0.4) is 0 Å². The van der Waals surface area contributed by atoms with Gasteiger partial charge in [0.05, 0.1) is 29.2 Å². The molecule has 1 saturated heterocycles. The molecule has 0 unspecified atom stereocenters. The molecule has 6 nitrogen and oxygen atoms in total. The van der Waals surface area contributed by atoms with E-state index in [1.165, 1.54) is 41.3 Å². The van der Waals surface area contributed by atoms with Crippen LogP contribution in [0.1, 0.15) is 22.3 Å². The van der Waals surface area contributed by atoms with Crippen molar-refractivity contribution in [2.75, 3.05) is 31.0 Å². The number of ether oxygens (including phenoxy) is 1. The molecule has 42 heavy (non-hydrogen) atoms. The van der Waals surface area contributed by atoms with Crippen molar-refractivity contribution in [1.29, 1.82) is 0 Å². The summed E-state index contributed by atoms with van der Waals surface area (Å²) in [5.41, 5.74) is -3.82. The fourth-order valence-electron chi connectivity index (χ4n) is 4.14. The lowest BCUT2D eigenvalue weighted by Gasteiger charge is -2.25. The van der Waals surface area contributed by atoms with E-state index in [2.05, 4.69) is 4.72 Å². The van der Waals surface area contributed by atoms with E-state index in [1.54, 1.807) is 19.1 Å². The standard InChI is InChI=1S/C28H24F6N2O4S2/c1-18-5-9-22(10-6-18)42(38,39)35-20-3-2-4-21(17-20)41-23-11-7-19(8-12-24(37)36-13-15-40-16-14-36)25(27(29,30)31)26(23)28(32,33)34/h2-12,17,35H,13-16H2,1H3. The third-order valence-electron chi connectivity index (χ3n) is 6.14. The largest absolute Gasteiger partial charge is 0.418 e. The van der Waals surface area contributed by atoms with Crippen molar-refractivity contribution in [2.24, 2.45) is 0 Å². The fraction of sp³-hybridized carbons (Fsp3) is 0.250. The van der Waals surface area contributed by atoms with Crippen molar-refractivity contribution in [3.8, 4) is 0 Å². The number of morpholine rings is 1. The minimum Gasteiger partial charge on any atom is -0.378 e. The number of hydrogen-bond acceptors (Lipinski definition) is 5. The minimum absolute atomic E-state index is 0.00589. The lowest BCUT2D eigenvalue weighted by atomic mass is 9.99. The van der Waals surface area contributed by atoms with Crippen LogP contribution in [0.2, 0.25) is 0 Å². The number of rotatable bonds is 7. The van der Waals surface area contributed by atoms with Crippen molar-refractivity contribution < 1.29 is 44.3 Å². The zero-order valence-electron chi connectivity index (χ0n) is 21.9. The Labute approximate surface area is 242 Å². The second kappa shape index (κ2) is 12.4. The van der Waals surface area contributed by atoms with Crippen LogP contribution in [-0.2, 0) is 31.9 Å².